The van der Waals surface area contributed by atoms with E-state index in [0.717, 1.165) is 0 Å². The van der Waals surface area contributed by atoms with E-state index in [4.69, 9.17) is 16.3 Å². The lowest BCUT2D eigenvalue weighted by atomic mass is 9.87. The molecule has 2 rings (SSSR count). The largest absolute Gasteiger partial charge is 0.478 e. The van der Waals surface area contributed by atoms with Gasteiger partial charge >= 0.3 is 0 Å². The van der Waals surface area contributed by atoms with Crippen molar-refractivity contribution in [3.8, 4) is 5.75 Å². The molecule has 5 nitrogen and oxygen atoms in total. The standard InChI is InChI=1S/C21H25ClN2O3/c1-20(2,3)14-8-10-15(11-9-14)27-21(4,5)19(26)24-13-17(25)18-16(22)7-6-12-23-18/h6-12H,13H2,1-5H3,(H,24,26). The van der Waals surface area contributed by atoms with Gasteiger partial charge in [0.2, 0.25) is 5.78 Å². The molecule has 1 N–H and O–H groups in total. The summed E-state index contributed by atoms with van der Waals surface area (Å²) in [6, 6.07) is 10.9. The molecule has 0 aliphatic rings. The summed E-state index contributed by atoms with van der Waals surface area (Å²) in [6.07, 6.45) is 1.48. The van der Waals surface area contributed by atoms with Gasteiger partial charge in [0.1, 0.15) is 11.4 Å². The maximum atomic E-state index is 12.5. The number of rotatable bonds is 6. The van der Waals surface area contributed by atoms with Crippen LogP contribution < -0.4 is 10.1 Å². The Balaban J connectivity index is 1.98. The Hall–Kier alpha value is -2.40. The minimum atomic E-state index is -1.14. The van der Waals surface area contributed by atoms with E-state index in [0.29, 0.717) is 5.75 Å². The summed E-state index contributed by atoms with van der Waals surface area (Å²) in [4.78, 5) is 28.6. The number of ether oxygens (including phenoxy) is 1. The molecule has 0 bridgehead atoms. The van der Waals surface area contributed by atoms with Crippen molar-refractivity contribution in [2.45, 2.75) is 45.6 Å². The van der Waals surface area contributed by atoms with E-state index in [2.05, 4.69) is 31.1 Å². The lowest BCUT2D eigenvalue weighted by Crippen LogP contribution is -2.48. The molecule has 1 amide bonds. The van der Waals surface area contributed by atoms with Crippen LogP contribution in [-0.4, -0.2) is 28.8 Å². The third-order valence-corrected chi connectivity index (χ3v) is 4.38. The molecular formula is C21H25ClN2O3. The van der Waals surface area contributed by atoms with E-state index >= 15 is 0 Å². The van der Waals surface area contributed by atoms with E-state index in [1.54, 1.807) is 26.0 Å². The van der Waals surface area contributed by atoms with Crippen molar-refractivity contribution in [2.75, 3.05) is 6.54 Å². The van der Waals surface area contributed by atoms with Crippen LogP contribution in [0.15, 0.2) is 42.6 Å². The van der Waals surface area contributed by atoms with E-state index in [9.17, 15) is 9.59 Å². The summed E-state index contributed by atoms with van der Waals surface area (Å²) in [7, 11) is 0. The van der Waals surface area contributed by atoms with Gasteiger partial charge in [0.05, 0.1) is 11.6 Å². The van der Waals surface area contributed by atoms with E-state index in [-0.39, 0.29) is 28.5 Å². The number of amides is 1. The van der Waals surface area contributed by atoms with E-state index in [1.807, 2.05) is 24.3 Å². The maximum absolute atomic E-state index is 12.5. The summed E-state index contributed by atoms with van der Waals surface area (Å²) in [6.45, 7) is 9.49. The normalized spacial score (nSPS) is 11.8. The Bertz CT molecular complexity index is 824. The van der Waals surface area contributed by atoms with Crippen LogP contribution in [0.2, 0.25) is 5.02 Å². The Morgan fingerprint density at radius 3 is 2.26 bits per heavy atom. The lowest BCUT2D eigenvalue weighted by molar-refractivity contribution is -0.134. The summed E-state index contributed by atoms with van der Waals surface area (Å²) in [5, 5.41) is 2.85. The SMILES string of the molecule is CC(C)(Oc1ccc(C(C)(C)C)cc1)C(=O)NCC(=O)c1ncccc1Cl. The van der Waals surface area contributed by atoms with Gasteiger partial charge < -0.3 is 10.1 Å². The fourth-order valence-corrected chi connectivity index (χ4v) is 2.64. The molecule has 0 fully saturated rings. The number of aromatic nitrogens is 1. The predicted molar refractivity (Wildman–Crippen MR) is 106 cm³/mol. The topological polar surface area (TPSA) is 68.3 Å². The molecule has 144 valence electrons. The van der Waals surface area contributed by atoms with Gasteiger partial charge in [0, 0.05) is 6.20 Å². The molecule has 27 heavy (non-hydrogen) atoms. The number of halogens is 1. The Kier molecular flexibility index (Phi) is 6.26. The first-order valence-electron chi connectivity index (χ1n) is 8.72. The second-order valence-electron chi connectivity index (χ2n) is 7.83. The van der Waals surface area contributed by atoms with Gasteiger partial charge in [-0.05, 0) is 49.1 Å². The number of carbonyl (C=O) groups excluding carboxylic acids is 2. The molecule has 0 aliphatic heterocycles. The Morgan fingerprint density at radius 1 is 1.07 bits per heavy atom. The summed E-state index contributed by atoms with van der Waals surface area (Å²) < 4.78 is 5.83. The predicted octanol–water partition coefficient (Wildman–Crippen LogP) is 4.19. The quantitative estimate of drug-likeness (QED) is 0.753. The van der Waals surface area contributed by atoms with Crippen molar-refractivity contribution in [1.82, 2.24) is 10.3 Å². The van der Waals surface area contributed by atoms with Crippen molar-refractivity contribution in [1.29, 1.82) is 0 Å². The van der Waals surface area contributed by atoms with Crippen molar-refractivity contribution in [2.24, 2.45) is 0 Å². The Labute approximate surface area is 165 Å². The molecule has 1 heterocycles. The summed E-state index contributed by atoms with van der Waals surface area (Å²) in [5.74, 6) is -0.177. The number of hydrogen-bond acceptors (Lipinski definition) is 4. The number of nitrogens with one attached hydrogen (secondary N) is 1. The van der Waals surface area contributed by atoms with Crippen molar-refractivity contribution in [3.05, 3.63) is 58.9 Å². The zero-order chi connectivity index (χ0) is 20.2. The molecule has 1 aromatic heterocycles. The molecular weight excluding hydrogens is 364 g/mol. The molecule has 1 aromatic carbocycles. The highest BCUT2D eigenvalue weighted by Gasteiger charge is 2.30. The highest BCUT2D eigenvalue weighted by atomic mass is 35.5. The molecule has 0 aliphatic carbocycles. The zero-order valence-electron chi connectivity index (χ0n) is 16.3. The third kappa shape index (κ3) is 5.54. The zero-order valence-corrected chi connectivity index (χ0v) is 17.1. The minimum Gasteiger partial charge on any atom is -0.478 e. The number of nitrogens with zero attached hydrogens (tertiary/aromatic N) is 1. The van der Waals surface area contributed by atoms with E-state index in [1.165, 1.54) is 11.8 Å². The van der Waals surface area contributed by atoms with Gasteiger partial charge in [-0.15, -0.1) is 0 Å². The first kappa shape index (κ1) is 20.9. The molecule has 0 unspecified atom stereocenters. The van der Waals surface area contributed by atoms with Gasteiger partial charge in [-0.1, -0.05) is 44.5 Å². The smallest absolute Gasteiger partial charge is 0.263 e. The number of ketones is 1. The highest BCUT2D eigenvalue weighted by Crippen LogP contribution is 2.26. The highest BCUT2D eigenvalue weighted by molar-refractivity contribution is 6.33. The summed E-state index contributed by atoms with van der Waals surface area (Å²) >= 11 is 5.96. The second-order valence-corrected chi connectivity index (χ2v) is 8.23. The van der Waals surface area contributed by atoms with Crippen LogP contribution >= 0.6 is 11.6 Å². The second kappa shape index (κ2) is 8.09. The van der Waals surface area contributed by atoms with E-state index < -0.39 is 11.5 Å². The van der Waals surface area contributed by atoms with Crippen LogP contribution in [0.4, 0.5) is 0 Å². The average molecular weight is 389 g/mol. The monoisotopic (exact) mass is 388 g/mol. The van der Waals surface area contributed by atoms with Crippen LogP contribution in [0.5, 0.6) is 5.75 Å². The third-order valence-electron chi connectivity index (χ3n) is 4.07. The fourth-order valence-electron chi connectivity index (χ4n) is 2.41. The average Bonchev–Trinajstić information content (AvgIpc) is 2.59. The van der Waals surface area contributed by atoms with Crippen LogP contribution in [-0.2, 0) is 10.2 Å². The summed E-state index contributed by atoms with van der Waals surface area (Å²) in [5.41, 5.74) is 0.210. The van der Waals surface area contributed by atoms with Gasteiger partial charge in [0.25, 0.3) is 5.91 Å². The molecule has 0 spiro atoms. The van der Waals surface area contributed by atoms with Crippen molar-refractivity contribution in [3.63, 3.8) is 0 Å². The van der Waals surface area contributed by atoms with Crippen molar-refractivity contribution >= 4 is 23.3 Å². The molecule has 0 saturated carbocycles. The van der Waals surface area contributed by atoms with Gasteiger partial charge in [-0.2, -0.15) is 0 Å². The first-order valence-corrected chi connectivity index (χ1v) is 9.10. The number of Topliss-reactive ketones (excluding diaryl/α,β-unsaturated/α-hetero) is 1. The minimum absolute atomic E-state index is 0.0402. The van der Waals surface area contributed by atoms with Gasteiger partial charge in [-0.25, -0.2) is 0 Å². The number of pyridine rings is 1. The maximum Gasteiger partial charge on any atom is 0.263 e. The number of hydrogen-bond donors (Lipinski definition) is 1. The fraction of sp³-hybridized carbons (Fsp3) is 0.381. The van der Waals surface area contributed by atoms with Crippen LogP contribution in [0.3, 0.4) is 0 Å². The molecule has 2 aromatic rings. The molecule has 0 atom stereocenters. The molecule has 0 radical (unpaired) electrons. The molecule has 0 saturated heterocycles. The van der Waals surface area contributed by atoms with Crippen LogP contribution in [0.1, 0.15) is 50.7 Å². The Morgan fingerprint density at radius 2 is 1.70 bits per heavy atom. The van der Waals surface area contributed by atoms with Gasteiger partial charge in [0.15, 0.2) is 5.60 Å². The number of benzene rings is 1. The van der Waals surface area contributed by atoms with Crippen LogP contribution in [0.25, 0.3) is 0 Å². The lowest BCUT2D eigenvalue weighted by Gasteiger charge is -2.26. The first-order chi connectivity index (χ1) is 12.5. The van der Waals surface area contributed by atoms with Crippen LogP contribution in [0, 0.1) is 0 Å². The number of carbonyl (C=O) groups is 2. The van der Waals surface area contributed by atoms with Crippen molar-refractivity contribution < 1.29 is 14.3 Å². The molecule has 6 heteroatoms. The van der Waals surface area contributed by atoms with Gasteiger partial charge in [-0.3, -0.25) is 14.6 Å².